The molecule has 408 valence electrons. The van der Waals surface area contributed by atoms with Gasteiger partial charge in [0.25, 0.3) is 0 Å². The number of unbranched alkanes of at least 4 members (excludes halogenated alkanes) is 21. The average Bonchev–Trinajstić information content (AvgIpc) is 3.38. The molecule has 0 aromatic heterocycles. The molecule has 6 heteroatoms. The van der Waals surface area contributed by atoms with Gasteiger partial charge >= 0.3 is 17.9 Å². The molecule has 6 nitrogen and oxygen atoms in total. The van der Waals surface area contributed by atoms with E-state index in [9.17, 15) is 14.4 Å². The summed E-state index contributed by atoms with van der Waals surface area (Å²) in [5.41, 5.74) is 0. The third kappa shape index (κ3) is 56.7. The van der Waals surface area contributed by atoms with Crippen LogP contribution in [0.3, 0.4) is 0 Å². The molecule has 0 aliphatic rings. The molecular weight excluding hydrogens is 889 g/mol. The highest BCUT2D eigenvalue weighted by atomic mass is 16.6. The van der Waals surface area contributed by atoms with Gasteiger partial charge in [0.05, 0.1) is 0 Å². The van der Waals surface area contributed by atoms with Crippen LogP contribution in [0.25, 0.3) is 0 Å². The van der Waals surface area contributed by atoms with Crippen LogP contribution in [0.5, 0.6) is 0 Å². The Balaban J connectivity index is 4.49. The first-order valence-electron chi connectivity index (χ1n) is 29.5. The van der Waals surface area contributed by atoms with Crippen LogP contribution in [-0.2, 0) is 28.6 Å². The number of carbonyl (C=O) groups is 3. The molecule has 72 heavy (non-hydrogen) atoms. The summed E-state index contributed by atoms with van der Waals surface area (Å²) >= 11 is 0. The Kier molecular flexibility index (Phi) is 55.9. The van der Waals surface area contributed by atoms with Crippen LogP contribution >= 0.6 is 0 Å². The minimum atomic E-state index is -0.806. The standard InChI is InChI=1S/C66H108O6/c1-4-7-10-13-16-19-22-25-28-30-32-33-35-36-38-41-44-47-50-53-56-59-65(68)71-62-63(61-70-64(67)58-55-52-49-46-43-40-27-24-21-18-15-12-9-6-3)72-66(69)60-57-54-51-48-45-42-39-37-34-31-29-26-23-20-17-14-11-8-5-2/h7-8,10-11,16-17,19-20,25-26,28-29,32-34,36-38,42,45,63H,4-6,9,12-15,18,21-24,27,30-31,35,39-41,43-44,46-62H2,1-3H3/b10-7-,11-8-,19-16-,20-17-,28-25-,29-26-,33-32-,37-34-,38-36-,45-42-. The summed E-state index contributed by atoms with van der Waals surface area (Å²) in [6.45, 7) is 6.37. The lowest BCUT2D eigenvalue weighted by Gasteiger charge is -2.18. The van der Waals surface area contributed by atoms with Crippen LogP contribution in [0.1, 0.15) is 258 Å². The SMILES string of the molecule is CC/C=C\C/C=C\C/C=C\C/C=C\C/C=C\CCCCCCCC(=O)OCC(COC(=O)CCCCCCCCCCCCCCCC)OC(=O)CCCCC/C=C\C/C=C\C/C=C\C/C=C\C/C=C\CC. The van der Waals surface area contributed by atoms with Crippen molar-refractivity contribution >= 4 is 17.9 Å². The van der Waals surface area contributed by atoms with Crippen LogP contribution in [0.4, 0.5) is 0 Å². The second kappa shape index (κ2) is 59.4. The zero-order valence-corrected chi connectivity index (χ0v) is 46.7. The predicted molar refractivity (Wildman–Crippen MR) is 311 cm³/mol. The summed E-state index contributed by atoms with van der Waals surface area (Å²) in [5.74, 6) is -0.949. The third-order valence-electron chi connectivity index (χ3n) is 12.2. The molecule has 0 bridgehead atoms. The second-order valence-electron chi connectivity index (χ2n) is 19.1. The fraction of sp³-hybridized carbons (Fsp3) is 0.652. The van der Waals surface area contributed by atoms with Crippen molar-refractivity contribution in [2.45, 2.75) is 264 Å². The Bertz CT molecular complexity index is 1520. The van der Waals surface area contributed by atoms with E-state index in [1.807, 2.05) is 0 Å². The van der Waals surface area contributed by atoms with E-state index in [2.05, 4.69) is 142 Å². The van der Waals surface area contributed by atoms with E-state index < -0.39 is 6.10 Å². The highest BCUT2D eigenvalue weighted by Crippen LogP contribution is 2.15. The predicted octanol–water partition coefficient (Wildman–Crippen LogP) is 20.0. The van der Waals surface area contributed by atoms with Gasteiger partial charge in [-0.05, 0) is 109 Å². The molecule has 0 aliphatic heterocycles. The van der Waals surface area contributed by atoms with E-state index in [-0.39, 0.29) is 37.5 Å². The van der Waals surface area contributed by atoms with Crippen molar-refractivity contribution in [3.8, 4) is 0 Å². The first-order chi connectivity index (χ1) is 35.5. The third-order valence-corrected chi connectivity index (χ3v) is 12.2. The Morgan fingerprint density at radius 1 is 0.292 bits per heavy atom. The van der Waals surface area contributed by atoms with Gasteiger partial charge in [0.2, 0.25) is 0 Å². The number of ether oxygens (including phenoxy) is 3. The molecule has 0 spiro atoms. The summed E-state index contributed by atoms with van der Waals surface area (Å²) in [6, 6.07) is 0. The second-order valence-corrected chi connectivity index (χ2v) is 19.1. The van der Waals surface area contributed by atoms with Gasteiger partial charge in [-0.15, -0.1) is 0 Å². The van der Waals surface area contributed by atoms with Gasteiger partial charge in [-0.2, -0.15) is 0 Å². The maximum atomic E-state index is 12.9. The molecule has 0 aromatic carbocycles. The highest BCUT2D eigenvalue weighted by Gasteiger charge is 2.19. The molecule has 0 rings (SSSR count). The van der Waals surface area contributed by atoms with Gasteiger partial charge in [-0.25, -0.2) is 0 Å². The van der Waals surface area contributed by atoms with Crippen LogP contribution in [-0.4, -0.2) is 37.2 Å². The first-order valence-corrected chi connectivity index (χ1v) is 29.5. The number of hydrogen-bond acceptors (Lipinski definition) is 6. The van der Waals surface area contributed by atoms with Crippen LogP contribution in [0.2, 0.25) is 0 Å². The van der Waals surface area contributed by atoms with Gasteiger partial charge in [-0.1, -0.05) is 251 Å². The normalized spacial score (nSPS) is 13.0. The van der Waals surface area contributed by atoms with Crippen molar-refractivity contribution in [3.63, 3.8) is 0 Å². The number of esters is 3. The fourth-order valence-corrected chi connectivity index (χ4v) is 7.85. The molecule has 0 amide bonds. The lowest BCUT2D eigenvalue weighted by Crippen LogP contribution is -2.30. The van der Waals surface area contributed by atoms with Crippen LogP contribution in [0, 0.1) is 0 Å². The number of rotatable bonds is 52. The Hall–Kier alpha value is -4.19. The molecule has 1 atom stereocenters. The van der Waals surface area contributed by atoms with Crippen molar-refractivity contribution in [1.29, 1.82) is 0 Å². The molecular formula is C66H108O6. The minimum absolute atomic E-state index is 0.0988. The van der Waals surface area contributed by atoms with Crippen molar-refractivity contribution in [3.05, 3.63) is 122 Å². The molecule has 0 fully saturated rings. The Morgan fingerprint density at radius 2 is 0.542 bits per heavy atom. The summed E-state index contributed by atoms with van der Waals surface area (Å²) in [5, 5.41) is 0. The van der Waals surface area contributed by atoms with Crippen LogP contribution < -0.4 is 0 Å². The summed E-state index contributed by atoms with van der Waals surface area (Å²) in [6.07, 6.45) is 81.8. The molecule has 0 saturated carbocycles. The zero-order chi connectivity index (χ0) is 52.2. The zero-order valence-electron chi connectivity index (χ0n) is 46.7. The van der Waals surface area contributed by atoms with Gasteiger partial charge < -0.3 is 14.2 Å². The molecule has 0 N–H and O–H groups in total. The largest absolute Gasteiger partial charge is 0.462 e. The van der Waals surface area contributed by atoms with Gasteiger partial charge in [0.1, 0.15) is 13.2 Å². The van der Waals surface area contributed by atoms with E-state index in [0.29, 0.717) is 12.8 Å². The molecule has 0 radical (unpaired) electrons. The van der Waals surface area contributed by atoms with E-state index in [1.54, 1.807) is 0 Å². The molecule has 1 unspecified atom stereocenters. The average molecular weight is 998 g/mol. The molecule has 0 aliphatic carbocycles. The first kappa shape index (κ1) is 67.8. The minimum Gasteiger partial charge on any atom is -0.462 e. The quantitative estimate of drug-likeness (QED) is 0.0261. The maximum Gasteiger partial charge on any atom is 0.306 e. The van der Waals surface area contributed by atoms with E-state index >= 15 is 0 Å². The summed E-state index contributed by atoms with van der Waals surface area (Å²) < 4.78 is 16.8. The van der Waals surface area contributed by atoms with Crippen LogP contribution in [0.15, 0.2) is 122 Å². The summed E-state index contributed by atoms with van der Waals surface area (Å²) in [7, 11) is 0. The van der Waals surface area contributed by atoms with Crippen molar-refractivity contribution < 1.29 is 28.6 Å². The fourth-order valence-electron chi connectivity index (χ4n) is 7.85. The molecule has 0 saturated heterocycles. The summed E-state index contributed by atoms with van der Waals surface area (Å²) in [4.78, 5) is 38.2. The monoisotopic (exact) mass is 997 g/mol. The maximum absolute atomic E-state index is 12.9. The smallest absolute Gasteiger partial charge is 0.306 e. The van der Waals surface area contributed by atoms with Crippen molar-refractivity contribution in [2.24, 2.45) is 0 Å². The number of hydrogen-bond donors (Lipinski definition) is 0. The molecule has 0 aromatic rings. The Labute approximate surface area is 443 Å². The number of carbonyl (C=O) groups excluding carboxylic acids is 3. The Morgan fingerprint density at radius 3 is 0.861 bits per heavy atom. The lowest BCUT2D eigenvalue weighted by molar-refractivity contribution is -0.167. The molecule has 0 heterocycles. The topological polar surface area (TPSA) is 78.9 Å². The van der Waals surface area contributed by atoms with Crippen molar-refractivity contribution in [2.75, 3.05) is 13.2 Å². The van der Waals surface area contributed by atoms with Crippen molar-refractivity contribution in [1.82, 2.24) is 0 Å². The van der Waals surface area contributed by atoms with E-state index in [4.69, 9.17) is 14.2 Å². The van der Waals surface area contributed by atoms with Gasteiger partial charge in [-0.3, -0.25) is 14.4 Å². The van der Waals surface area contributed by atoms with E-state index in [0.717, 1.165) is 148 Å². The van der Waals surface area contributed by atoms with Gasteiger partial charge in [0.15, 0.2) is 6.10 Å². The van der Waals surface area contributed by atoms with E-state index in [1.165, 1.54) is 70.6 Å². The lowest BCUT2D eigenvalue weighted by atomic mass is 10.0. The number of allylic oxidation sites excluding steroid dienone is 20. The van der Waals surface area contributed by atoms with Gasteiger partial charge in [0, 0.05) is 19.3 Å². The highest BCUT2D eigenvalue weighted by molar-refractivity contribution is 5.71.